The van der Waals surface area contributed by atoms with Gasteiger partial charge >= 0.3 is 11.9 Å². The van der Waals surface area contributed by atoms with Gasteiger partial charge in [0.15, 0.2) is 0 Å². The van der Waals surface area contributed by atoms with E-state index in [4.69, 9.17) is 16.7 Å². The summed E-state index contributed by atoms with van der Waals surface area (Å²) in [6.07, 6.45) is 0.0193. The van der Waals surface area contributed by atoms with Gasteiger partial charge in [0.1, 0.15) is 6.04 Å². The summed E-state index contributed by atoms with van der Waals surface area (Å²) in [7, 11) is 0. The first-order chi connectivity index (χ1) is 11.4. The highest BCUT2D eigenvalue weighted by atomic mass is 35.5. The third kappa shape index (κ3) is 4.33. The molecule has 0 bridgehead atoms. The van der Waals surface area contributed by atoms with E-state index < -0.39 is 23.9 Å². The largest absolute Gasteiger partial charge is 0.480 e. The molecule has 0 saturated carbocycles. The van der Waals surface area contributed by atoms with Gasteiger partial charge in [0.2, 0.25) is 0 Å². The van der Waals surface area contributed by atoms with Crippen molar-refractivity contribution >= 4 is 29.4 Å². The van der Waals surface area contributed by atoms with E-state index in [0.29, 0.717) is 5.56 Å². The monoisotopic (exact) mass is 347 g/mol. The predicted octanol–water partition coefficient (Wildman–Crippen LogP) is 2.46. The fraction of sp³-hybridized carbons (Fsp3) is 0.118. The van der Waals surface area contributed by atoms with E-state index in [2.05, 4.69) is 5.32 Å². The van der Waals surface area contributed by atoms with E-state index in [1.54, 1.807) is 12.1 Å². The molecule has 3 N–H and O–H groups in total. The summed E-state index contributed by atoms with van der Waals surface area (Å²) in [6, 6.07) is 11.0. The molecule has 2 rings (SSSR count). The van der Waals surface area contributed by atoms with E-state index in [1.165, 1.54) is 36.4 Å². The van der Waals surface area contributed by atoms with Crippen molar-refractivity contribution in [3.63, 3.8) is 0 Å². The Morgan fingerprint density at radius 2 is 1.62 bits per heavy atom. The van der Waals surface area contributed by atoms with Crippen LogP contribution in [-0.2, 0) is 11.2 Å². The number of carbonyl (C=O) groups is 3. The highest BCUT2D eigenvalue weighted by Gasteiger charge is 2.22. The van der Waals surface area contributed by atoms with E-state index in [9.17, 15) is 19.5 Å². The Labute approximate surface area is 142 Å². The molecular weight excluding hydrogens is 334 g/mol. The van der Waals surface area contributed by atoms with Crippen molar-refractivity contribution in [2.75, 3.05) is 0 Å². The maximum absolute atomic E-state index is 12.2. The summed E-state index contributed by atoms with van der Waals surface area (Å²) in [5.41, 5.74) is 0.879. The van der Waals surface area contributed by atoms with Crippen molar-refractivity contribution < 1.29 is 24.6 Å². The molecule has 0 aromatic heterocycles. The summed E-state index contributed by atoms with van der Waals surface area (Å²) >= 11 is 5.93. The van der Waals surface area contributed by atoms with Crippen LogP contribution in [0.2, 0.25) is 5.02 Å². The smallest absolute Gasteiger partial charge is 0.335 e. The molecule has 6 nitrogen and oxygen atoms in total. The Hall–Kier alpha value is -2.86. The van der Waals surface area contributed by atoms with E-state index in [-0.39, 0.29) is 22.6 Å². The molecule has 0 unspecified atom stereocenters. The van der Waals surface area contributed by atoms with Crippen molar-refractivity contribution in [1.82, 2.24) is 5.32 Å². The predicted molar refractivity (Wildman–Crippen MR) is 87.4 cm³/mol. The number of amides is 1. The van der Waals surface area contributed by atoms with E-state index in [1.807, 2.05) is 0 Å². The fourth-order valence-corrected chi connectivity index (χ4v) is 2.32. The third-order valence-corrected chi connectivity index (χ3v) is 3.69. The van der Waals surface area contributed by atoms with Crippen LogP contribution >= 0.6 is 11.6 Å². The van der Waals surface area contributed by atoms with Crippen molar-refractivity contribution in [2.24, 2.45) is 0 Å². The van der Waals surface area contributed by atoms with Gasteiger partial charge < -0.3 is 15.5 Å². The molecule has 0 aliphatic carbocycles. The number of carboxylic acid groups (broad SMARTS) is 2. The minimum Gasteiger partial charge on any atom is -0.480 e. The van der Waals surface area contributed by atoms with Gasteiger partial charge in [-0.3, -0.25) is 4.79 Å². The van der Waals surface area contributed by atoms with Gasteiger partial charge in [0.05, 0.1) is 16.1 Å². The van der Waals surface area contributed by atoms with Crippen LogP contribution in [0.25, 0.3) is 0 Å². The molecule has 24 heavy (non-hydrogen) atoms. The van der Waals surface area contributed by atoms with E-state index >= 15 is 0 Å². The minimum absolute atomic E-state index is 0.0193. The van der Waals surface area contributed by atoms with Crippen molar-refractivity contribution in [3.8, 4) is 0 Å². The van der Waals surface area contributed by atoms with Crippen LogP contribution in [-0.4, -0.2) is 34.1 Å². The van der Waals surface area contributed by atoms with Crippen LogP contribution in [0.1, 0.15) is 26.3 Å². The zero-order chi connectivity index (χ0) is 17.7. The molecule has 1 amide bonds. The number of nitrogens with one attached hydrogen (secondary N) is 1. The van der Waals surface area contributed by atoms with Crippen LogP contribution in [0.5, 0.6) is 0 Å². The summed E-state index contributed by atoms with van der Waals surface area (Å²) < 4.78 is 0. The van der Waals surface area contributed by atoms with Crippen LogP contribution in [0.4, 0.5) is 0 Å². The third-order valence-electron chi connectivity index (χ3n) is 3.36. The Bertz CT molecular complexity index is 773. The van der Waals surface area contributed by atoms with Crippen LogP contribution in [0.15, 0.2) is 48.5 Å². The highest BCUT2D eigenvalue weighted by Crippen LogP contribution is 2.15. The average molecular weight is 348 g/mol. The van der Waals surface area contributed by atoms with Gasteiger partial charge in [-0.15, -0.1) is 0 Å². The molecule has 2 aromatic carbocycles. The lowest BCUT2D eigenvalue weighted by Crippen LogP contribution is -2.42. The Morgan fingerprint density at radius 3 is 2.17 bits per heavy atom. The molecule has 7 heteroatoms. The summed E-state index contributed by atoms with van der Waals surface area (Å²) in [5, 5.41) is 20.8. The molecule has 1 atom stereocenters. The topological polar surface area (TPSA) is 104 Å². The molecule has 0 saturated heterocycles. The Morgan fingerprint density at radius 1 is 1.00 bits per heavy atom. The molecule has 0 radical (unpaired) electrons. The van der Waals surface area contributed by atoms with Crippen LogP contribution < -0.4 is 5.32 Å². The molecule has 0 fully saturated rings. The van der Waals surface area contributed by atoms with Crippen LogP contribution in [0.3, 0.4) is 0 Å². The number of benzene rings is 2. The average Bonchev–Trinajstić information content (AvgIpc) is 2.54. The standard InChI is InChI=1S/C17H14ClNO5/c18-13-4-2-1-3-12(13)15(20)19-14(17(23)24)9-10-5-7-11(8-6-10)16(21)22/h1-8,14H,9H2,(H,19,20)(H,21,22)(H,23,24)/t14-/m1/s1. The quantitative estimate of drug-likeness (QED) is 0.744. The van der Waals surface area contributed by atoms with Gasteiger partial charge in [0.25, 0.3) is 5.91 Å². The fourth-order valence-electron chi connectivity index (χ4n) is 2.10. The number of halogens is 1. The van der Waals surface area contributed by atoms with Gasteiger partial charge in [-0.2, -0.15) is 0 Å². The summed E-state index contributed by atoms with van der Waals surface area (Å²) in [4.78, 5) is 34.4. The Kier molecular flexibility index (Phi) is 5.55. The first kappa shape index (κ1) is 17.5. The summed E-state index contributed by atoms with van der Waals surface area (Å²) in [6.45, 7) is 0. The second-order valence-corrected chi connectivity index (χ2v) is 5.46. The maximum atomic E-state index is 12.2. The van der Waals surface area contributed by atoms with Crippen LogP contribution in [0, 0.1) is 0 Å². The number of hydrogen-bond donors (Lipinski definition) is 3. The minimum atomic E-state index is -1.20. The maximum Gasteiger partial charge on any atom is 0.335 e. The second kappa shape index (κ2) is 7.61. The number of hydrogen-bond acceptors (Lipinski definition) is 3. The SMILES string of the molecule is O=C(O)c1ccc(C[C@@H](NC(=O)c2ccccc2Cl)C(=O)O)cc1. The lowest BCUT2D eigenvalue weighted by atomic mass is 10.0. The molecular formula is C17H14ClNO5. The molecule has 0 spiro atoms. The first-order valence-corrected chi connectivity index (χ1v) is 7.36. The molecule has 0 aliphatic rings. The lowest BCUT2D eigenvalue weighted by Gasteiger charge is -2.15. The van der Waals surface area contributed by atoms with Gasteiger partial charge in [-0.25, -0.2) is 9.59 Å². The number of carboxylic acids is 2. The molecule has 124 valence electrons. The van der Waals surface area contributed by atoms with Crippen molar-refractivity contribution in [3.05, 3.63) is 70.2 Å². The Balaban J connectivity index is 2.12. The molecule has 0 aliphatic heterocycles. The number of aliphatic carboxylic acids is 1. The number of aromatic carboxylic acids is 1. The van der Waals surface area contributed by atoms with Gasteiger partial charge in [-0.05, 0) is 29.8 Å². The molecule has 0 heterocycles. The lowest BCUT2D eigenvalue weighted by molar-refractivity contribution is -0.139. The second-order valence-electron chi connectivity index (χ2n) is 5.05. The van der Waals surface area contributed by atoms with Gasteiger partial charge in [0, 0.05) is 6.42 Å². The highest BCUT2D eigenvalue weighted by molar-refractivity contribution is 6.33. The van der Waals surface area contributed by atoms with E-state index in [0.717, 1.165) is 0 Å². The first-order valence-electron chi connectivity index (χ1n) is 6.99. The van der Waals surface area contributed by atoms with Crippen molar-refractivity contribution in [2.45, 2.75) is 12.5 Å². The molecule has 2 aromatic rings. The zero-order valence-electron chi connectivity index (χ0n) is 12.4. The van der Waals surface area contributed by atoms with Gasteiger partial charge in [-0.1, -0.05) is 35.9 Å². The zero-order valence-corrected chi connectivity index (χ0v) is 13.2. The van der Waals surface area contributed by atoms with Crippen molar-refractivity contribution in [1.29, 1.82) is 0 Å². The number of rotatable bonds is 6. The normalized spacial score (nSPS) is 11.5. The summed E-state index contributed by atoms with van der Waals surface area (Å²) in [5.74, 6) is -2.85. The number of carbonyl (C=O) groups excluding carboxylic acids is 1.